The highest BCUT2D eigenvalue weighted by Crippen LogP contribution is 2.39. The molecule has 0 aromatic heterocycles. The number of aldehydes is 1. The number of hydrogen-bond donors (Lipinski definition) is 2. The minimum absolute atomic E-state index is 0.111. The van der Waals surface area contributed by atoms with E-state index in [0.717, 1.165) is 0 Å². The fourth-order valence-corrected chi connectivity index (χ4v) is 2.27. The standard InChI is InChI=1S/C12H15NO5/c1-7-4-5-8(10(15)16)9(13(2)3)12(7,6-14)11(17)18/h4-6,9H,1-3H3,(H,15,16)(H,17,18). The third-order valence-electron chi connectivity index (χ3n) is 3.19. The SMILES string of the molecule is CC1=CC=C(C(=O)O)C(N(C)C)C1(C=O)C(=O)O. The van der Waals surface area contributed by atoms with Crippen LogP contribution in [0.5, 0.6) is 0 Å². The minimum atomic E-state index is -1.86. The molecule has 0 amide bonds. The molecule has 0 saturated heterocycles. The summed E-state index contributed by atoms with van der Waals surface area (Å²) in [6, 6.07) is -1.03. The van der Waals surface area contributed by atoms with Gasteiger partial charge in [0.05, 0.1) is 11.6 Å². The average Bonchev–Trinajstić information content (AvgIpc) is 2.27. The lowest BCUT2D eigenvalue weighted by atomic mass is 9.69. The van der Waals surface area contributed by atoms with Crippen molar-refractivity contribution in [2.75, 3.05) is 14.1 Å². The highest BCUT2D eigenvalue weighted by molar-refractivity contribution is 6.02. The molecule has 1 aliphatic carbocycles. The molecule has 2 atom stereocenters. The third kappa shape index (κ3) is 1.84. The zero-order chi connectivity index (χ0) is 14.1. The van der Waals surface area contributed by atoms with Gasteiger partial charge in [0.1, 0.15) is 6.29 Å². The number of hydrogen-bond acceptors (Lipinski definition) is 4. The molecule has 0 aromatic carbocycles. The molecule has 0 aliphatic heterocycles. The average molecular weight is 253 g/mol. The Labute approximate surface area is 104 Å². The van der Waals surface area contributed by atoms with Gasteiger partial charge in [0.2, 0.25) is 0 Å². The molecule has 0 spiro atoms. The molecule has 0 bridgehead atoms. The quantitative estimate of drug-likeness (QED) is 0.547. The molecular formula is C12H15NO5. The molecule has 0 heterocycles. The number of likely N-dealkylation sites (N-methyl/N-ethyl adjacent to an activating group) is 1. The molecule has 6 nitrogen and oxygen atoms in total. The van der Waals surface area contributed by atoms with E-state index in [0.29, 0.717) is 11.9 Å². The van der Waals surface area contributed by atoms with Gasteiger partial charge in [-0.25, -0.2) is 4.79 Å². The number of nitrogens with zero attached hydrogens (tertiary/aromatic N) is 1. The highest BCUT2D eigenvalue weighted by atomic mass is 16.4. The Morgan fingerprint density at radius 3 is 2.22 bits per heavy atom. The van der Waals surface area contributed by atoms with Crippen molar-refractivity contribution in [3.8, 4) is 0 Å². The highest BCUT2D eigenvalue weighted by Gasteiger charge is 2.53. The van der Waals surface area contributed by atoms with Gasteiger partial charge in [-0.3, -0.25) is 4.79 Å². The van der Waals surface area contributed by atoms with Gasteiger partial charge in [-0.1, -0.05) is 12.2 Å². The van der Waals surface area contributed by atoms with Crippen molar-refractivity contribution in [3.63, 3.8) is 0 Å². The summed E-state index contributed by atoms with van der Waals surface area (Å²) in [7, 11) is 3.09. The monoisotopic (exact) mass is 253 g/mol. The summed E-state index contributed by atoms with van der Waals surface area (Å²) in [6.07, 6.45) is 3.01. The number of carboxylic acids is 2. The Morgan fingerprint density at radius 2 is 1.89 bits per heavy atom. The summed E-state index contributed by atoms with van der Waals surface area (Å²) in [6.45, 7) is 1.51. The summed E-state index contributed by atoms with van der Waals surface area (Å²) in [5.41, 5.74) is -1.65. The van der Waals surface area contributed by atoms with E-state index in [-0.39, 0.29) is 5.57 Å². The minimum Gasteiger partial charge on any atom is -0.480 e. The second-order valence-electron chi connectivity index (χ2n) is 4.44. The lowest BCUT2D eigenvalue weighted by Gasteiger charge is -2.39. The Bertz CT molecular complexity index is 463. The zero-order valence-corrected chi connectivity index (χ0v) is 10.4. The molecule has 2 unspecified atom stereocenters. The van der Waals surface area contributed by atoms with Crippen LogP contribution >= 0.6 is 0 Å². The van der Waals surface area contributed by atoms with Gasteiger partial charge < -0.3 is 19.9 Å². The first-order chi connectivity index (χ1) is 8.28. The number of aliphatic carboxylic acids is 2. The van der Waals surface area contributed by atoms with Gasteiger partial charge in [0, 0.05) is 0 Å². The summed E-state index contributed by atoms with van der Waals surface area (Å²) < 4.78 is 0. The maximum atomic E-state index is 11.5. The fourth-order valence-electron chi connectivity index (χ4n) is 2.27. The second-order valence-corrected chi connectivity index (χ2v) is 4.44. The van der Waals surface area contributed by atoms with E-state index in [1.165, 1.54) is 24.0 Å². The summed E-state index contributed by atoms with van der Waals surface area (Å²) in [5.74, 6) is -2.58. The van der Waals surface area contributed by atoms with Crippen molar-refractivity contribution in [2.24, 2.45) is 5.41 Å². The van der Waals surface area contributed by atoms with Crippen LogP contribution in [0.3, 0.4) is 0 Å². The molecule has 0 radical (unpaired) electrons. The van der Waals surface area contributed by atoms with E-state index in [4.69, 9.17) is 5.11 Å². The first-order valence-corrected chi connectivity index (χ1v) is 5.27. The van der Waals surface area contributed by atoms with Gasteiger partial charge in [-0.2, -0.15) is 0 Å². The van der Waals surface area contributed by atoms with Crippen molar-refractivity contribution in [1.82, 2.24) is 4.90 Å². The smallest absolute Gasteiger partial charge is 0.333 e. The predicted octanol–water partition coefficient (Wildman–Crippen LogP) is 0.157. The van der Waals surface area contributed by atoms with E-state index in [9.17, 15) is 19.5 Å². The van der Waals surface area contributed by atoms with Crippen LogP contribution in [0.25, 0.3) is 0 Å². The van der Waals surface area contributed by atoms with E-state index < -0.39 is 23.4 Å². The van der Waals surface area contributed by atoms with Gasteiger partial charge in [0.15, 0.2) is 5.41 Å². The van der Waals surface area contributed by atoms with Crippen molar-refractivity contribution >= 4 is 18.2 Å². The number of carbonyl (C=O) groups excluding carboxylic acids is 1. The Hall–Kier alpha value is -1.95. The fraction of sp³-hybridized carbons (Fsp3) is 0.417. The summed E-state index contributed by atoms with van der Waals surface area (Å²) >= 11 is 0. The number of carbonyl (C=O) groups is 3. The normalized spacial score (nSPS) is 27.4. The topological polar surface area (TPSA) is 94.9 Å². The Kier molecular flexibility index (Phi) is 3.71. The lowest BCUT2D eigenvalue weighted by Crippen LogP contribution is -2.54. The molecule has 18 heavy (non-hydrogen) atoms. The van der Waals surface area contributed by atoms with Gasteiger partial charge in [-0.15, -0.1) is 0 Å². The summed E-state index contributed by atoms with van der Waals surface area (Å²) in [4.78, 5) is 35.4. The van der Waals surface area contributed by atoms with Crippen molar-refractivity contribution in [3.05, 3.63) is 23.3 Å². The van der Waals surface area contributed by atoms with E-state index in [1.807, 2.05) is 0 Å². The van der Waals surface area contributed by atoms with Gasteiger partial charge in [0.25, 0.3) is 0 Å². The second kappa shape index (κ2) is 4.73. The van der Waals surface area contributed by atoms with E-state index >= 15 is 0 Å². The molecule has 0 aromatic rings. The van der Waals surface area contributed by atoms with Crippen LogP contribution < -0.4 is 0 Å². The Balaban J connectivity index is 3.54. The Morgan fingerprint density at radius 1 is 1.33 bits per heavy atom. The summed E-state index contributed by atoms with van der Waals surface area (Å²) in [5, 5.41) is 18.5. The third-order valence-corrected chi connectivity index (χ3v) is 3.19. The molecule has 0 saturated carbocycles. The van der Waals surface area contributed by atoms with Crippen molar-refractivity contribution in [1.29, 1.82) is 0 Å². The number of allylic oxidation sites excluding steroid dienone is 2. The molecule has 6 heteroatoms. The number of rotatable bonds is 4. The lowest BCUT2D eigenvalue weighted by molar-refractivity contribution is -0.152. The maximum absolute atomic E-state index is 11.5. The maximum Gasteiger partial charge on any atom is 0.333 e. The predicted molar refractivity (Wildman–Crippen MR) is 63.1 cm³/mol. The molecule has 0 fully saturated rings. The van der Waals surface area contributed by atoms with Crippen LogP contribution in [0.15, 0.2) is 23.3 Å². The van der Waals surface area contributed by atoms with Crippen LogP contribution in [0.1, 0.15) is 6.92 Å². The molecule has 2 N–H and O–H groups in total. The largest absolute Gasteiger partial charge is 0.480 e. The number of carboxylic acid groups (broad SMARTS) is 2. The van der Waals surface area contributed by atoms with Crippen molar-refractivity contribution < 1.29 is 24.6 Å². The van der Waals surface area contributed by atoms with Gasteiger partial charge >= 0.3 is 11.9 Å². The van der Waals surface area contributed by atoms with E-state index in [1.54, 1.807) is 14.1 Å². The zero-order valence-electron chi connectivity index (χ0n) is 10.4. The van der Waals surface area contributed by atoms with Crippen LogP contribution in [0.4, 0.5) is 0 Å². The molecule has 1 aliphatic rings. The molecule has 1 rings (SSSR count). The van der Waals surface area contributed by atoms with E-state index in [2.05, 4.69) is 0 Å². The van der Waals surface area contributed by atoms with Crippen molar-refractivity contribution in [2.45, 2.75) is 13.0 Å². The first-order valence-electron chi connectivity index (χ1n) is 5.27. The van der Waals surface area contributed by atoms with Gasteiger partial charge in [-0.05, 0) is 26.6 Å². The van der Waals surface area contributed by atoms with Crippen LogP contribution in [0.2, 0.25) is 0 Å². The van der Waals surface area contributed by atoms with Crippen LogP contribution in [-0.4, -0.2) is 53.5 Å². The first kappa shape index (κ1) is 14.1. The van der Waals surface area contributed by atoms with Crippen LogP contribution in [0, 0.1) is 5.41 Å². The van der Waals surface area contributed by atoms with Crippen LogP contribution in [-0.2, 0) is 14.4 Å². The molecular weight excluding hydrogens is 238 g/mol. The molecule has 98 valence electrons.